The first-order chi connectivity index (χ1) is 13.2. The van der Waals surface area contributed by atoms with Gasteiger partial charge in [-0.05, 0) is 42.2 Å². The Morgan fingerprint density at radius 2 is 1.67 bits per heavy atom. The normalized spacial score (nSPS) is 10.4. The minimum atomic E-state index is -0.199. The number of carbonyl (C=O) groups is 1. The Morgan fingerprint density at radius 1 is 0.889 bits per heavy atom. The smallest absolute Gasteiger partial charge is 0.252 e. The molecule has 0 atom stereocenters. The number of hydrogen-bond acceptors (Lipinski definition) is 3. The standard InChI is InChI=1S/C22H22FN3O/c23-20-9-5-4-8-18(20)13-15-24-21-11-10-19(16-26-21)22(27)25-14-12-17-6-2-1-3-7-17/h1-11,16H,12-15H2,(H,24,26)(H,25,27). The fraction of sp³-hybridized carbons (Fsp3) is 0.182. The molecule has 0 radical (unpaired) electrons. The van der Waals surface area contributed by atoms with Crippen molar-refractivity contribution in [3.05, 3.63) is 95.4 Å². The van der Waals surface area contributed by atoms with Gasteiger partial charge < -0.3 is 10.6 Å². The summed E-state index contributed by atoms with van der Waals surface area (Å²) in [4.78, 5) is 16.4. The third-order valence-corrected chi connectivity index (χ3v) is 4.23. The molecule has 0 bridgehead atoms. The minimum Gasteiger partial charge on any atom is -0.370 e. The number of benzene rings is 2. The van der Waals surface area contributed by atoms with Crippen molar-refractivity contribution in [3.8, 4) is 0 Å². The molecule has 2 N–H and O–H groups in total. The van der Waals surface area contributed by atoms with Crippen molar-refractivity contribution in [1.29, 1.82) is 0 Å². The molecule has 5 heteroatoms. The zero-order valence-electron chi connectivity index (χ0n) is 15.0. The van der Waals surface area contributed by atoms with E-state index in [9.17, 15) is 9.18 Å². The summed E-state index contributed by atoms with van der Waals surface area (Å²) in [6, 6.07) is 20.2. The van der Waals surface area contributed by atoms with E-state index in [1.165, 1.54) is 11.6 Å². The summed E-state index contributed by atoms with van der Waals surface area (Å²) in [5, 5.41) is 6.04. The third-order valence-electron chi connectivity index (χ3n) is 4.23. The number of amides is 1. The highest BCUT2D eigenvalue weighted by atomic mass is 19.1. The van der Waals surface area contributed by atoms with Crippen LogP contribution in [0.25, 0.3) is 0 Å². The number of halogens is 1. The highest BCUT2D eigenvalue weighted by Crippen LogP contribution is 2.09. The Kier molecular flexibility index (Phi) is 6.52. The highest BCUT2D eigenvalue weighted by Gasteiger charge is 2.06. The average molecular weight is 363 g/mol. The van der Waals surface area contributed by atoms with E-state index in [0.717, 1.165) is 6.42 Å². The van der Waals surface area contributed by atoms with Crippen molar-refractivity contribution in [2.75, 3.05) is 18.4 Å². The van der Waals surface area contributed by atoms with Crippen LogP contribution >= 0.6 is 0 Å². The summed E-state index contributed by atoms with van der Waals surface area (Å²) in [7, 11) is 0. The molecule has 0 aliphatic carbocycles. The largest absolute Gasteiger partial charge is 0.370 e. The van der Waals surface area contributed by atoms with Crippen LogP contribution in [0.5, 0.6) is 0 Å². The lowest BCUT2D eigenvalue weighted by Gasteiger charge is -2.08. The van der Waals surface area contributed by atoms with Crippen LogP contribution in [-0.4, -0.2) is 24.0 Å². The lowest BCUT2D eigenvalue weighted by molar-refractivity contribution is 0.0954. The molecule has 0 saturated heterocycles. The average Bonchev–Trinajstić information content (AvgIpc) is 2.71. The minimum absolute atomic E-state index is 0.142. The maximum Gasteiger partial charge on any atom is 0.252 e. The number of nitrogens with zero attached hydrogens (tertiary/aromatic N) is 1. The van der Waals surface area contributed by atoms with E-state index in [2.05, 4.69) is 15.6 Å². The van der Waals surface area contributed by atoms with E-state index in [-0.39, 0.29) is 11.7 Å². The molecule has 0 fully saturated rings. The summed E-state index contributed by atoms with van der Waals surface area (Å²) in [6.07, 6.45) is 2.90. The van der Waals surface area contributed by atoms with Gasteiger partial charge in [0.15, 0.2) is 0 Å². The Balaban J connectivity index is 1.43. The topological polar surface area (TPSA) is 54.0 Å². The van der Waals surface area contributed by atoms with Crippen LogP contribution in [0.3, 0.4) is 0 Å². The maximum absolute atomic E-state index is 13.6. The van der Waals surface area contributed by atoms with Gasteiger partial charge in [0.1, 0.15) is 11.6 Å². The molecule has 0 spiro atoms. The van der Waals surface area contributed by atoms with E-state index < -0.39 is 0 Å². The van der Waals surface area contributed by atoms with Gasteiger partial charge in [-0.1, -0.05) is 48.5 Å². The van der Waals surface area contributed by atoms with E-state index in [1.807, 2.05) is 36.4 Å². The molecular formula is C22H22FN3O. The molecule has 0 saturated carbocycles. The summed E-state index contributed by atoms with van der Waals surface area (Å²) in [5.41, 5.74) is 2.37. The van der Waals surface area contributed by atoms with E-state index in [1.54, 1.807) is 30.5 Å². The van der Waals surface area contributed by atoms with Crippen molar-refractivity contribution in [3.63, 3.8) is 0 Å². The number of rotatable bonds is 8. The SMILES string of the molecule is O=C(NCCc1ccccc1)c1ccc(NCCc2ccccc2F)nc1. The summed E-state index contributed by atoms with van der Waals surface area (Å²) in [5.74, 6) is 0.318. The summed E-state index contributed by atoms with van der Waals surface area (Å²) in [6.45, 7) is 1.14. The van der Waals surface area contributed by atoms with E-state index >= 15 is 0 Å². The van der Waals surface area contributed by atoms with E-state index in [4.69, 9.17) is 0 Å². The van der Waals surface area contributed by atoms with Crippen LogP contribution in [0, 0.1) is 5.82 Å². The van der Waals surface area contributed by atoms with Gasteiger partial charge in [-0.15, -0.1) is 0 Å². The Bertz CT molecular complexity index is 866. The van der Waals surface area contributed by atoms with Gasteiger partial charge in [-0.3, -0.25) is 4.79 Å². The molecule has 27 heavy (non-hydrogen) atoms. The molecule has 0 aliphatic heterocycles. The van der Waals surface area contributed by atoms with Gasteiger partial charge in [0.2, 0.25) is 0 Å². The van der Waals surface area contributed by atoms with Crippen molar-refractivity contribution in [1.82, 2.24) is 10.3 Å². The van der Waals surface area contributed by atoms with Crippen LogP contribution in [0.2, 0.25) is 0 Å². The monoisotopic (exact) mass is 363 g/mol. The lowest BCUT2D eigenvalue weighted by Crippen LogP contribution is -2.25. The second-order valence-electron chi connectivity index (χ2n) is 6.19. The Hall–Kier alpha value is -3.21. The van der Waals surface area contributed by atoms with Crippen molar-refractivity contribution < 1.29 is 9.18 Å². The van der Waals surface area contributed by atoms with Crippen LogP contribution in [0.4, 0.5) is 10.2 Å². The highest BCUT2D eigenvalue weighted by molar-refractivity contribution is 5.94. The first-order valence-corrected chi connectivity index (χ1v) is 8.98. The predicted octanol–water partition coefficient (Wildman–Crippen LogP) is 3.85. The summed E-state index contributed by atoms with van der Waals surface area (Å²) < 4.78 is 13.6. The molecule has 0 aliphatic rings. The number of aromatic nitrogens is 1. The zero-order chi connectivity index (χ0) is 18.9. The third kappa shape index (κ3) is 5.64. The van der Waals surface area contributed by atoms with Crippen molar-refractivity contribution in [2.45, 2.75) is 12.8 Å². The van der Waals surface area contributed by atoms with Gasteiger partial charge in [0.05, 0.1) is 5.56 Å². The maximum atomic E-state index is 13.6. The molecule has 4 nitrogen and oxygen atoms in total. The second-order valence-corrected chi connectivity index (χ2v) is 6.19. The predicted molar refractivity (Wildman–Crippen MR) is 105 cm³/mol. The first kappa shape index (κ1) is 18.6. The molecule has 3 rings (SSSR count). The molecule has 1 amide bonds. The number of pyridine rings is 1. The fourth-order valence-corrected chi connectivity index (χ4v) is 2.73. The molecule has 2 aromatic carbocycles. The number of carbonyl (C=O) groups excluding carboxylic acids is 1. The van der Waals surface area contributed by atoms with Crippen molar-refractivity contribution >= 4 is 11.7 Å². The van der Waals surface area contributed by atoms with Gasteiger partial charge in [0.25, 0.3) is 5.91 Å². The van der Waals surface area contributed by atoms with Crippen LogP contribution in [0.1, 0.15) is 21.5 Å². The second kappa shape index (κ2) is 9.48. The zero-order valence-corrected chi connectivity index (χ0v) is 15.0. The first-order valence-electron chi connectivity index (χ1n) is 8.98. The molecule has 3 aromatic rings. The van der Waals surface area contributed by atoms with Crippen LogP contribution in [0.15, 0.2) is 72.9 Å². The van der Waals surface area contributed by atoms with Crippen LogP contribution < -0.4 is 10.6 Å². The van der Waals surface area contributed by atoms with Gasteiger partial charge in [-0.25, -0.2) is 9.37 Å². The molecule has 1 heterocycles. The molecular weight excluding hydrogens is 341 g/mol. The number of anilines is 1. The Morgan fingerprint density at radius 3 is 2.41 bits per heavy atom. The van der Waals surface area contributed by atoms with Crippen molar-refractivity contribution in [2.24, 2.45) is 0 Å². The lowest BCUT2D eigenvalue weighted by atomic mass is 10.1. The molecule has 138 valence electrons. The quantitative estimate of drug-likeness (QED) is 0.639. The van der Waals surface area contributed by atoms with Crippen LogP contribution in [-0.2, 0) is 12.8 Å². The number of hydrogen-bond donors (Lipinski definition) is 2. The van der Waals surface area contributed by atoms with Gasteiger partial charge in [0, 0.05) is 19.3 Å². The summed E-state index contributed by atoms with van der Waals surface area (Å²) >= 11 is 0. The molecule has 0 unspecified atom stereocenters. The van der Waals surface area contributed by atoms with E-state index in [0.29, 0.717) is 36.5 Å². The number of nitrogens with one attached hydrogen (secondary N) is 2. The van der Waals surface area contributed by atoms with Gasteiger partial charge in [-0.2, -0.15) is 0 Å². The fourth-order valence-electron chi connectivity index (χ4n) is 2.73. The molecule has 1 aromatic heterocycles. The van der Waals surface area contributed by atoms with Gasteiger partial charge >= 0.3 is 0 Å². The Labute approximate surface area is 158 Å².